The standard InChI is InChI=1S/C34H33N7O10/c1-3-45-33-36-24-10-6-9-23(31(42)48-18(2)49-34(44)51-26-17-47-28-25(50-32(35)43)16-46-29(26)28)27(24)41(33)15-19-11-13-20(14-12-19)21-7-4-5-8-22(21)30-37-39-40-38-30/h4-14,18,25-26,28-29H,3,15-17H2,1-2H3,(H2,35,43)(H,37,38,39,40)/t18?,25-,26-,28+,29+/m1/s1. The van der Waals surface area contributed by atoms with Crippen LogP contribution in [0.1, 0.15) is 29.8 Å². The van der Waals surface area contributed by atoms with Gasteiger partial charge in [-0.25, -0.2) is 14.4 Å². The molecule has 264 valence electrons. The van der Waals surface area contributed by atoms with E-state index in [-0.39, 0.29) is 18.8 Å². The maximum Gasteiger partial charge on any atom is 0.511 e. The van der Waals surface area contributed by atoms with Gasteiger partial charge in [0, 0.05) is 12.5 Å². The van der Waals surface area contributed by atoms with E-state index in [1.165, 1.54) is 6.92 Å². The van der Waals surface area contributed by atoms with E-state index in [4.69, 9.17) is 38.9 Å². The highest BCUT2D eigenvalue weighted by atomic mass is 16.8. The molecular weight excluding hydrogens is 666 g/mol. The summed E-state index contributed by atoms with van der Waals surface area (Å²) in [6.45, 7) is 3.92. The summed E-state index contributed by atoms with van der Waals surface area (Å²) in [5.41, 5.74) is 9.92. The first kappa shape index (κ1) is 33.4. The van der Waals surface area contributed by atoms with Gasteiger partial charge < -0.3 is 38.9 Å². The Hall–Kier alpha value is -6.07. The number of aromatic nitrogens is 6. The zero-order valence-corrected chi connectivity index (χ0v) is 27.5. The van der Waals surface area contributed by atoms with Crippen LogP contribution >= 0.6 is 0 Å². The predicted molar refractivity (Wildman–Crippen MR) is 175 cm³/mol. The molecule has 0 radical (unpaired) electrons. The topological polar surface area (TPSA) is 214 Å². The van der Waals surface area contributed by atoms with E-state index in [1.807, 2.05) is 55.5 Å². The Morgan fingerprint density at radius 1 is 0.941 bits per heavy atom. The molecule has 2 aliphatic heterocycles. The summed E-state index contributed by atoms with van der Waals surface area (Å²) in [5, 5.41) is 14.4. The number of nitrogens with zero attached hydrogens (tertiary/aromatic N) is 5. The van der Waals surface area contributed by atoms with Crippen molar-refractivity contribution in [1.29, 1.82) is 0 Å². The zero-order valence-electron chi connectivity index (χ0n) is 27.5. The van der Waals surface area contributed by atoms with Crippen LogP contribution in [0.5, 0.6) is 6.01 Å². The van der Waals surface area contributed by atoms with Crippen molar-refractivity contribution in [2.45, 2.75) is 51.1 Å². The fourth-order valence-electron chi connectivity index (χ4n) is 6.20. The highest BCUT2D eigenvalue weighted by Crippen LogP contribution is 2.33. The SMILES string of the molecule is CCOc1nc2cccc(C(=O)OC(C)OC(=O)O[C@@H]3CO[C@@H]4[C@H]3OC[C@H]4OC(N)=O)c2n1Cc1ccc(-c2ccccc2-c2nn[nH]n2)cc1. The molecule has 2 saturated heterocycles. The van der Waals surface area contributed by atoms with E-state index in [9.17, 15) is 14.4 Å². The first-order valence-electron chi connectivity index (χ1n) is 16.1. The molecule has 0 saturated carbocycles. The van der Waals surface area contributed by atoms with E-state index in [2.05, 4.69) is 25.6 Å². The summed E-state index contributed by atoms with van der Waals surface area (Å²) in [6, 6.07) is 21.1. The minimum atomic E-state index is -1.32. The lowest BCUT2D eigenvalue weighted by Gasteiger charge is -2.19. The van der Waals surface area contributed by atoms with Gasteiger partial charge in [0.2, 0.25) is 12.1 Å². The summed E-state index contributed by atoms with van der Waals surface area (Å²) >= 11 is 0. The maximum atomic E-state index is 13.5. The summed E-state index contributed by atoms with van der Waals surface area (Å²) in [7, 11) is 0. The number of tetrazole rings is 1. The molecular formula is C34H33N7O10. The second-order valence-electron chi connectivity index (χ2n) is 11.6. The highest BCUT2D eigenvalue weighted by molar-refractivity contribution is 6.02. The van der Waals surface area contributed by atoms with Crippen LogP contribution in [0, 0.1) is 0 Å². The van der Waals surface area contributed by atoms with Crippen LogP contribution in [-0.2, 0) is 35.0 Å². The van der Waals surface area contributed by atoms with Crippen LogP contribution in [0.4, 0.5) is 9.59 Å². The van der Waals surface area contributed by atoms with Crippen molar-refractivity contribution in [2.75, 3.05) is 19.8 Å². The molecule has 2 aliphatic rings. The van der Waals surface area contributed by atoms with Crippen molar-refractivity contribution in [3.8, 4) is 28.5 Å². The summed E-state index contributed by atoms with van der Waals surface area (Å²) < 4.78 is 39.9. The molecule has 4 heterocycles. The lowest BCUT2D eigenvalue weighted by Crippen LogP contribution is -2.37. The molecule has 0 spiro atoms. The molecule has 17 nitrogen and oxygen atoms in total. The average molecular weight is 700 g/mol. The number of nitrogens with one attached hydrogen (secondary N) is 1. The van der Waals surface area contributed by atoms with E-state index >= 15 is 0 Å². The number of hydrogen-bond acceptors (Lipinski definition) is 14. The number of rotatable bonds is 11. The van der Waals surface area contributed by atoms with Crippen molar-refractivity contribution in [1.82, 2.24) is 30.2 Å². The molecule has 3 N–H and O–H groups in total. The number of fused-ring (bicyclic) bond motifs is 2. The van der Waals surface area contributed by atoms with E-state index in [0.717, 1.165) is 22.3 Å². The van der Waals surface area contributed by atoms with Gasteiger partial charge in [-0.15, -0.1) is 10.2 Å². The Labute approximate surface area is 289 Å². The molecule has 1 unspecified atom stereocenters. The van der Waals surface area contributed by atoms with E-state index in [0.29, 0.717) is 36.0 Å². The Balaban J connectivity index is 1.05. The monoisotopic (exact) mass is 699 g/mol. The summed E-state index contributed by atoms with van der Waals surface area (Å²) in [5.74, 6) is -0.266. The molecule has 0 bridgehead atoms. The van der Waals surface area contributed by atoms with Crippen molar-refractivity contribution in [3.63, 3.8) is 0 Å². The number of hydrogen-bond donors (Lipinski definition) is 2. The average Bonchev–Trinajstić information content (AvgIpc) is 3.92. The Kier molecular flexibility index (Phi) is 9.45. The van der Waals surface area contributed by atoms with Gasteiger partial charge in [-0.05, 0) is 41.0 Å². The zero-order chi connectivity index (χ0) is 35.5. The summed E-state index contributed by atoms with van der Waals surface area (Å²) in [6.07, 6.45) is -6.26. The van der Waals surface area contributed by atoms with Crippen molar-refractivity contribution < 1.29 is 47.5 Å². The van der Waals surface area contributed by atoms with Crippen molar-refractivity contribution >= 4 is 29.3 Å². The number of aromatic amines is 1. The minimum Gasteiger partial charge on any atom is -0.465 e. The van der Waals surface area contributed by atoms with Crippen LogP contribution in [0.2, 0.25) is 0 Å². The van der Waals surface area contributed by atoms with Gasteiger partial charge in [0.1, 0.15) is 12.2 Å². The molecule has 5 atom stereocenters. The van der Waals surface area contributed by atoms with E-state index in [1.54, 1.807) is 22.8 Å². The van der Waals surface area contributed by atoms with Crippen LogP contribution < -0.4 is 10.5 Å². The molecule has 51 heavy (non-hydrogen) atoms. The number of ether oxygens (including phenoxy) is 7. The fourth-order valence-corrected chi connectivity index (χ4v) is 6.20. The number of amides is 1. The van der Waals surface area contributed by atoms with Crippen molar-refractivity contribution in [2.24, 2.45) is 5.73 Å². The number of carbonyl (C=O) groups excluding carboxylic acids is 3. The first-order valence-corrected chi connectivity index (χ1v) is 16.1. The van der Waals surface area contributed by atoms with Gasteiger partial charge in [0.25, 0.3) is 6.01 Å². The molecule has 17 heteroatoms. The number of esters is 1. The highest BCUT2D eigenvalue weighted by Gasteiger charge is 2.51. The van der Waals surface area contributed by atoms with Gasteiger partial charge >= 0.3 is 18.2 Å². The Bertz CT molecular complexity index is 2030. The number of H-pyrrole nitrogens is 1. The largest absolute Gasteiger partial charge is 0.511 e. The van der Waals surface area contributed by atoms with E-state index < -0.39 is 48.9 Å². The molecule has 3 aromatic carbocycles. The summed E-state index contributed by atoms with van der Waals surface area (Å²) in [4.78, 5) is 41.9. The number of nitrogens with two attached hydrogens (primary N) is 1. The number of para-hydroxylation sites is 1. The Morgan fingerprint density at radius 2 is 1.67 bits per heavy atom. The van der Waals surface area contributed by atoms with Crippen LogP contribution in [0.25, 0.3) is 33.5 Å². The Morgan fingerprint density at radius 3 is 2.35 bits per heavy atom. The van der Waals surface area contributed by atoms with Crippen molar-refractivity contribution in [3.05, 3.63) is 77.9 Å². The number of benzene rings is 3. The van der Waals surface area contributed by atoms with Crippen LogP contribution in [0.15, 0.2) is 66.7 Å². The van der Waals surface area contributed by atoms with Crippen LogP contribution in [-0.4, -0.2) is 98.9 Å². The van der Waals surface area contributed by atoms with Gasteiger partial charge in [-0.1, -0.05) is 54.6 Å². The number of carbonyl (C=O) groups is 3. The smallest absolute Gasteiger partial charge is 0.465 e. The molecule has 0 aliphatic carbocycles. The van der Waals surface area contributed by atoms with Gasteiger partial charge in [0.05, 0.1) is 43.0 Å². The number of imidazole rings is 1. The van der Waals surface area contributed by atoms with Gasteiger partial charge in [-0.2, -0.15) is 10.2 Å². The predicted octanol–water partition coefficient (Wildman–Crippen LogP) is 3.62. The van der Waals surface area contributed by atoms with Crippen LogP contribution in [0.3, 0.4) is 0 Å². The quantitative estimate of drug-likeness (QED) is 0.114. The normalized spacial score (nSPS) is 20.0. The molecule has 7 rings (SSSR count). The molecule has 2 aromatic heterocycles. The molecule has 5 aromatic rings. The third kappa shape index (κ3) is 7.01. The molecule has 1 amide bonds. The second-order valence-corrected chi connectivity index (χ2v) is 11.6. The third-order valence-corrected chi connectivity index (χ3v) is 8.36. The maximum absolute atomic E-state index is 13.5. The lowest BCUT2D eigenvalue weighted by molar-refractivity contribution is -0.0987. The van der Waals surface area contributed by atoms with Gasteiger partial charge in [0.15, 0.2) is 12.2 Å². The lowest BCUT2D eigenvalue weighted by atomic mass is 9.98. The fraction of sp³-hybridized carbons (Fsp3) is 0.324. The minimum absolute atomic E-state index is 0.0122. The number of primary amides is 1. The second kappa shape index (κ2) is 14.4. The molecule has 2 fully saturated rings. The third-order valence-electron chi connectivity index (χ3n) is 8.36. The van der Waals surface area contributed by atoms with Gasteiger partial charge in [-0.3, -0.25) is 4.57 Å². The first-order chi connectivity index (χ1) is 24.8.